The quantitative estimate of drug-likeness (QED) is 0.766. The average Bonchev–Trinajstić information content (AvgIpc) is 2.31. The zero-order valence-electron chi connectivity index (χ0n) is 10.2. The maximum absolute atomic E-state index is 13.5. The minimum Gasteiger partial charge on any atom is -0.478 e. The first kappa shape index (κ1) is 14.2. The molecule has 0 aliphatic carbocycles. The smallest absolute Gasteiger partial charge is 0.337 e. The number of hydrogen-bond donors (Lipinski definition) is 2. The number of carboxylic acid groups (broad SMARTS) is 1. The van der Waals surface area contributed by atoms with Crippen molar-refractivity contribution in [1.82, 2.24) is 0 Å². The number of nitrogens with one attached hydrogen (secondary N) is 1. The normalized spacial score (nSPS) is 10.1. The van der Waals surface area contributed by atoms with Gasteiger partial charge >= 0.3 is 5.97 Å². The van der Waals surface area contributed by atoms with E-state index in [0.29, 0.717) is 6.42 Å². The Kier molecular flexibility index (Phi) is 5.30. The predicted octanol–water partition coefficient (Wildman–Crippen LogP) is 3.04. The molecule has 0 aliphatic heterocycles. The van der Waals surface area contributed by atoms with Crippen molar-refractivity contribution < 1.29 is 19.1 Å². The molecule has 0 spiro atoms. The first-order chi connectivity index (χ1) is 8.56. The fourth-order valence-electron chi connectivity index (χ4n) is 1.57. The maximum Gasteiger partial charge on any atom is 0.337 e. The number of carbonyl (C=O) groups is 2. The largest absolute Gasteiger partial charge is 0.478 e. The number of halogens is 1. The summed E-state index contributed by atoms with van der Waals surface area (Å²) < 4.78 is 13.5. The highest BCUT2D eigenvalue weighted by Crippen LogP contribution is 2.20. The maximum atomic E-state index is 13.5. The van der Waals surface area contributed by atoms with Crippen LogP contribution in [0.5, 0.6) is 0 Å². The number of carboxylic acids is 1. The Bertz CT molecular complexity index is 446. The van der Waals surface area contributed by atoms with E-state index in [2.05, 4.69) is 5.32 Å². The minimum absolute atomic E-state index is 0.237. The molecular formula is C13H16FNO3. The zero-order valence-corrected chi connectivity index (χ0v) is 10.2. The molecule has 0 aliphatic rings. The highest BCUT2D eigenvalue weighted by Gasteiger charge is 2.16. The van der Waals surface area contributed by atoms with Crippen molar-refractivity contribution >= 4 is 17.6 Å². The number of benzene rings is 1. The van der Waals surface area contributed by atoms with Crippen molar-refractivity contribution in [3.05, 3.63) is 29.6 Å². The van der Waals surface area contributed by atoms with Gasteiger partial charge in [-0.25, -0.2) is 9.18 Å². The molecule has 0 aromatic heterocycles. The highest BCUT2D eigenvalue weighted by molar-refractivity contribution is 6.00. The number of anilines is 1. The number of unbranched alkanes of at least 4 members (excludes halogenated alkanes) is 2. The van der Waals surface area contributed by atoms with Gasteiger partial charge in [-0.15, -0.1) is 0 Å². The lowest BCUT2D eigenvalue weighted by Gasteiger charge is -2.09. The van der Waals surface area contributed by atoms with Gasteiger partial charge in [0.25, 0.3) is 0 Å². The van der Waals surface area contributed by atoms with Crippen LogP contribution in [0.15, 0.2) is 18.2 Å². The summed E-state index contributed by atoms with van der Waals surface area (Å²) in [6.45, 7) is 2.01. The first-order valence-corrected chi connectivity index (χ1v) is 5.88. The molecule has 98 valence electrons. The molecule has 4 nitrogen and oxygen atoms in total. The third-order valence-electron chi connectivity index (χ3n) is 2.52. The van der Waals surface area contributed by atoms with E-state index < -0.39 is 11.8 Å². The van der Waals surface area contributed by atoms with Crippen LogP contribution in [0.2, 0.25) is 0 Å². The van der Waals surface area contributed by atoms with Crippen LogP contribution in [-0.4, -0.2) is 17.0 Å². The van der Waals surface area contributed by atoms with Crippen molar-refractivity contribution in [2.45, 2.75) is 32.6 Å². The van der Waals surface area contributed by atoms with E-state index in [-0.39, 0.29) is 23.6 Å². The molecule has 0 heterocycles. The summed E-state index contributed by atoms with van der Waals surface area (Å²) in [5.74, 6) is -2.37. The van der Waals surface area contributed by atoms with Gasteiger partial charge in [-0.1, -0.05) is 25.8 Å². The number of rotatable bonds is 6. The SMILES string of the molecule is CCCCCC(=O)Nc1c(F)cccc1C(=O)O. The second-order valence-electron chi connectivity index (χ2n) is 3.97. The van der Waals surface area contributed by atoms with Crippen molar-refractivity contribution in [3.8, 4) is 0 Å². The number of amides is 1. The van der Waals surface area contributed by atoms with Crippen molar-refractivity contribution in [2.75, 3.05) is 5.32 Å². The van der Waals surface area contributed by atoms with Gasteiger partial charge in [0.15, 0.2) is 0 Å². The number of carbonyl (C=O) groups excluding carboxylic acids is 1. The fraction of sp³-hybridized carbons (Fsp3) is 0.385. The molecule has 0 saturated heterocycles. The van der Waals surface area contributed by atoms with E-state index in [1.807, 2.05) is 6.92 Å². The van der Waals surface area contributed by atoms with Crippen LogP contribution in [0.25, 0.3) is 0 Å². The molecule has 0 saturated carbocycles. The lowest BCUT2D eigenvalue weighted by atomic mass is 10.1. The van der Waals surface area contributed by atoms with Gasteiger partial charge in [-0.3, -0.25) is 4.79 Å². The van der Waals surface area contributed by atoms with Crippen LogP contribution in [-0.2, 0) is 4.79 Å². The Morgan fingerprint density at radius 2 is 2.06 bits per heavy atom. The van der Waals surface area contributed by atoms with Crippen molar-refractivity contribution in [3.63, 3.8) is 0 Å². The van der Waals surface area contributed by atoms with Crippen LogP contribution >= 0.6 is 0 Å². The summed E-state index contributed by atoms with van der Waals surface area (Å²) in [5, 5.41) is 11.2. The lowest BCUT2D eigenvalue weighted by molar-refractivity contribution is -0.116. The highest BCUT2D eigenvalue weighted by atomic mass is 19.1. The van der Waals surface area contributed by atoms with E-state index in [1.165, 1.54) is 12.1 Å². The fourth-order valence-corrected chi connectivity index (χ4v) is 1.57. The van der Waals surface area contributed by atoms with Gasteiger partial charge in [0.05, 0.1) is 11.3 Å². The number of para-hydroxylation sites is 1. The van der Waals surface area contributed by atoms with E-state index >= 15 is 0 Å². The van der Waals surface area contributed by atoms with Crippen molar-refractivity contribution in [1.29, 1.82) is 0 Å². The Morgan fingerprint density at radius 3 is 2.67 bits per heavy atom. The van der Waals surface area contributed by atoms with Crippen LogP contribution in [0.1, 0.15) is 43.0 Å². The van der Waals surface area contributed by atoms with E-state index in [9.17, 15) is 14.0 Å². The number of hydrogen-bond acceptors (Lipinski definition) is 2. The third kappa shape index (κ3) is 3.84. The third-order valence-corrected chi connectivity index (χ3v) is 2.52. The molecule has 0 atom stereocenters. The van der Waals surface area contributed by atoms with Gasteiger partial charge < -0.3 is 10.4 Å². The minimum atomic E-state index is -1.27. The molecule has 1 rings (SSSR count). The molecule has 1 amide bonds. The van der Waals surface area contributed by atoms with Gasteiger partial charge in [0.2, 0.25) is 5.91 Å². The standard InChI is InChI=1S/C13H16FNO3/c1-2-3-4-8-11(16)15-12-9(13(17)18)6-5-7-10(12)14/h5-7H,2-4,8H2,1H3,(H,15,16)(H,17,18). The summed E-state index contributed by atoms with van der Waals surface area (Å²) in [6.07, 6.45) is 2.87. The second-order valence-corrected chi connectivity index (χ2v) is 3.97. The van der Waals surface area contributed by atoms with Crippen LogP contribution < -0.4 is 5.32 Å². The molecule has 2 N–H and O–H groups in total. The van der Waals surface area contributed by atoms with Gasteiger partial charge in [-0.2, -0.15) is 0 Å². The Morgan fingerprint density at radius 1 is 1.33 bits per heavy atom. The van der Waals surface area contributed by atoms with Crippen LogP contribution in [0.3, 0.4) is 0 Å². The topological polar surface area (TPSA) is 66.4 Å². The summed E-state index contributed by atoms with van der Waals surface area (Å²) in [6, 6.07) is 3.67. The zero-order chi connectivity index (χ0) is 13.5. The molecular weight excluding hydrogens is 237 g/mol. The van der Waals surface area contributed by atoms with E-state index in [1.54, 1.807) is 0 Å². The average molecular weight is 253 g/mol. The summed E-state index contributed by atoms with van der Waals surface area (Å²) >= 11 is 0. The van der Waals surface area contributed by atoms with Crippen molar-refractivity contribution in [2.24, 2.45) is 0 Å². The monoisotopic (exact) mass is 253 g/mol. The van der Waals surface area contributed by atoms with E-state index in [0.717, 1.165) is 18.9 Å². The van der Waals surface area contributed by atoms with Gasteiger partial charge in [-0.05, 0) is 18.6 Å². The van der Waals surface area contributed by atoms with Gasteiger partial charge in [0.1, 0.15) is 5.82 Å². The van der Waals surface area contributed by atoms with Crippen LogP contribution in [0.4, 0.5) is 10.1 Å². The van der Waals surface area contributed by atoms with E-state index in [4.69, 9.17) is 5.11 Å². The molecule has 1 aromatic rings. The Balaban J connectivity index is 2.77. The molecule has 18 heavy (non-hydrogen) atoms. The first-order valence-electron chi connectivity index (χ1n) is 5.88. The van der Waals surface area contributed by atoms with Crippen LogP contribution in [0, 0.1) is 5.82 Å². The summed E-state index contributed by atoms with van der Waals surface area (Å²) in [5.41, 5.74) is -0.495. The molecule has 0 radical (unpaired) electrons. The summed E-state index contributed by atoms with van der Waals surface area (Å²) in [4.78, 5) is 22.4. The Labute approximate surface area is 105 Å². The number of aromatic carboxylic acids is 1. The molecule has 5 heteroatoms. The second kappa shape index (κ2) is 6.74. The predicted molar refractivity (Wildman–Crippen MR) is 66.1 cm³/mol. The molecule has 0 bridgehead atoms. The van der Waals surface area contributed by atoms with Gasteiger partial charge in [0, 0.05) is 6.42 Å². The molecule has 1 aromatic carbocycles. The summed E-state index contributed by atoms with van der Waals surface area (Å²) in [7, 11) is 0. The Hall–Kier alpha value is -1.91. The lowest BCUT2D eigenvalue weighted by Crippen LogP contribution is -2.15. The molecule has 0 fully saturated rings. The molecule has 0 unspecified atom stereocenters.